The third-order valence-corrected chi connectivity index (χ3v) is 4.86. The van der Waals surface area contributed by atoms with E-state index in [-0.39, 0.29) is 0 Å². The number of carbonyl (C=O) groups excluding carboxylic acids is 1. The van der Waals surface area contributed by atoms with Gasteiger partial charge in [-0.15, -0.1) is 0 Å². The number of amides is 1. The second kappa shape index (κ2) is 6.92. The van der Waals surface area contributed by atoms with Crippen molar-refractivity contribution in [2.75, 3.05) is 13.6 Å². The molecule has 1 aliphatic heterocycles. The van der Waals surface area contributed by atoms with Crippen LogP contribution < -0.4 is 0 Å². The Labute approximate surface area is 147 Å². The fraction of sp³-hybridized carbons (Fsp3) is 0.556. The maximum absolute atomic E-state index is 12.3. The van der Waals surface area contributed by atoms with Crippen LogP contribution >= 0.6 is 0 Å². The fourth-order valence-electron chi connectivity index (χ4n) is 3.35. The van der Waals surface area contributed by atoms with Crippen LogP contribution in [0.2, 0.25) is 0 Å². The zero-order valence-corrected chi connectivity index (χ0v) is 14.6. The van der Waals surface area contributed by atoms with Crippen LogP contribution in [0.5, 0.6) is 0 Å². The Morgan fingerprint density at radius 2 is 2.04 bits per heavy atom. The Morgan fingerprint density at radius 1 is 1.24 bits per heavy atom. The summed E-state index contributed by atoms with van der Waals surface area (Å²) in [4.78, 5) is 29.3. The Hall–Kier alpha value is -2.28. The minimum atomic E-state index is 0.291. The standard InChI is InChI=1S/C18H24N6O/c1-22(9-15-7-19-13-20-8-15)10-16-11-23-4-5-24(12-17(23)21-16)18(25)6-14-2-3-14/h7-8,11,13-14H,2-6,9-10,12H2,1H3. The molecule has 25 heavy (non-hydrogen) atoms. The quantitative estimate of drug-likeness (QED) is 0.796. The molecule has 7 heteroatoms. The molecule has 0 saturated heterocycles. The summed E-state index contributed by atoms with van der Waals surface area (Å²) in [6.45, 7) is 3.84. The molecule has 0 spiro atoms. The molecule has 7 nitrogen and oxygen atoms in total. The number of rotatable bonds is 6. The predicted molar refractivity (Wildman–Crippen MR) is 92.2 cm³/mol. The highest BCUT2D eigenvalue weighted by molar-refractivity contribution is 5.76. The van der Waals surface area contributed by atoms with Crippen LogP contribution in [0.15, 0.2) is 24.9 Å². The molecule has 1 saturated carbocycles. The third kappa shape index (κ3) is 4.04. The monoisotopic (exact) mass is 340 g/mol. The molecule has 2 aromatic rings. The summed E-state index contributed by atoms with van der Waals surface area (Å²) in [6, 6.07) is 0. The van der Waals surface area contributed by atoms with E-state index in [0.29, 0.717) is 18.4 Å². The molecule has 4 rings (SSSR count). The second-order valence-electron chi connectivity index (χ2n) is 7.22. The zero-order chi connectivity index (χ0) is 17.2. The van der Waals surface area contributed by atoms with E-state index in [2.05, 4.69) is 32.7 Å². The molecule has 0 bridgehead atoms. The summed E-state index contributed by atoms with van der Waals surface area (Å²) in [5, 5.41) is 0. The molecule has 0 unspecified atom stereocenters. The molecule has 0 radical (unpaired) electrons. The number of aromatic nitrogens is 4. The zero-order valence-electron chi connectivity index (χ0n) is 14.6. The SMILES string of the molecule is CN(Cc1cncnc1)Cc1cn2c(n1)CN(C(=O)CC1CC1)CC2. The summed E-state index contributed by atoms with van der Waals surface area (Å²) in [5.74, 6) is 1.93. The maximum Gasteiger partial charge on any atom is 0.223 e. The van der Waals surface area contributed by atoms with Gasteiger partial charge in [-0.3, -0.25) is 9.69 Å². The van der Waals surface area contributed by atoms with Gasteiger partial charge in [-0.25, -0.2) is 15.0 Å². The summed E-state index contributed by atoms with van der Waals surface area (Å²) in [5.41, 5.74) is 2.14. The highest BCUT2D eigenvalue weighted by Gasteiger charge is 2.29. The van der Waals surface area contributed by atoms with Gasteiger partial charge in [-0.2, -0.15) is 0 Å². The Bertz CT molecular complexity index is 739. The van der Waals surface area contributed by atoms with Crippen LogP contribution in [0.1, 0.15) is 36.3 Å². The number of hydrogen-bond donors (Lipinski definition) is 0. The lowest BCUT2D eigenvalue weighted by Gasteiger charge is -2.27. The molecule has 0 atom stereocenters. The lowest BCUT2D eigenvalue weighted by molar-refractivity contribution is -0.133. The van der Waals surface area contributed by atoms with Crippen molar-refractivity contribution in [2.45, 2.75) is 45.4 Å². The van der Waals surface area contributed by atoms with Crippen molar-refractivity contribution in [3.63, 3.8) is 0 Å². The van der Waals surface area contributed by atoms with E-state index >= 15 is 0 Å². The van der Waals surface area contributed by atoms with E-state index in [1.165, 1.54) is 12.8 Å². The number of carbonyl (C=O) groups is 1. The first-order chi connectivity index (χ1) is 12.2. The van der Waals surface area contributed by atoms with E-state index in [1.54, 1.807) is 6.33 Å². The fourth-order valence-corrected chi connectivity index (χ4v) is 3.35. The van der Waals surface area contributed by atoms with Crippen molar-refractivity contribution < 1.29 is 4.79 Å². The minimum absolute atomic E-state index is 0.291. The van der Waals surface area contributed by atoms with Gasteiger partial charge in [0.15, 0.2) is 0 Å². The summed E-state index contributed by atoms with van der Waals surface area (Å²) in [6.07, 6.45) is 10.5. The molecule has 1 aliphatic carbocycles. The summed E-state index contributed by atoms with van der Waals surface area (Å²) in [7, 11) is 2.07. The third-order valence-electron chi connectivity index (χ3n) is 4.86. The van der Waals surface area contributed by atoms with Gasteiger partial charge in [0.1, 0.15) is 12.2 Å². The molecule has 0 N–H and O–H groups in total. The van der Waals surface area contributed by atoms with E-state index in [0.717, 1.165) is 49.7 Å². The van der Waals surface area contributed by atoms with Crippen molar-refractivity contribution in [1.29, 1.82) is 0 Å². The van der Waals surface area contributed by atoms with Gasteiger partial charge < -0.3 is 9.47 Å². The number of hydrogen-bond acceptors (Lipinski definition) is 5. The normalized spacial score (nSPS) is 17.0. The predicted octanol–water partition coefficient (Wildman–Crippen LogP) is 1.45. The van der Waals surface area contributed by atoms with Crippen molar-refractivity contribution >= 4 is 5.91 Å². The van der Waals surface area contributed by atoms with E-state index in [4.69, 9.17) is 4.98 Å². The van der Waals surface area contributed by atoms with Crippen LogP contribution in [0.4, 0.5) is 0 Å². The molecule has 1 amide bonds. The Morgan fingerprint density at radius 3 is 2.80 bits per heavy atom. The van der Waals surface area contributed by atoms with E-state index in [9.17, 15) is 4.79 Å². The highest BCUT2D eigenvalue weighted by Crippen LogP contribution is 2.33. The Balaban J connectivity index is 1.35. The number of fused-ring (bicyclic) bond motifs is 1. The van der Waals surface area contributed by atoms with Crippen LogP contribution in [-0.4, -0.2) is 48.8 Å². The van der Waals surface area contributed by atoms with Gasteiger partial charge in [0, 0.05) is 56.8 Å². The largest absolute Gasteiger partial charge is 0.333 e. The molecule has 2 aromatic heterocycles. The molecule has 132 valence electrons. The van der Waals surface area contributed by atoms with Gasteiger partial charge in [0.2, 0.25) is 5.91 Å². The molecule has 1 fully saturated rings. The Kier molecular flexibility index (Phi) is 4.48. The number of imidazole rings is 1. The molecular weight excluding hydrogens is 316 g/mol. The van der Waals surface area contributed by atoms with Crippen LogP contribution in [-0.2, 0) is 31.0 Å². The molecule has 3 heterocycles. The first-order valence-electron chi connectivity index (χ1n) is 8.92. The van der Waals surface area contributed by atoms with E-state index in [1.807, 2.05) is 17.3 Å². The molecular formula is C18H24N6O. The average molecular weight is 340 g/mol. The van der Waals surface area contributed by atoms with Crippen molar-refractivity contribution in [1.82, 2.24) is 29.3 Å². The molecule has 0 aromatic carbocycles. The average Bonchev–Trinajstić information content (AvgIpc) is 3.32. The van der Waals surface area contributed by atoms with Gasteiger partial charge >= 0.3 is 0 Å². The van der Waals surface area contributed by atoms with Crippen LogP contribution in [0.3, 0.4) is 0 Å². The van der Waals surface area contributed by atoms with Gasteiger partial charge in [-0.05, 0) is 25.8 Å². The smallest absolute Gasteiger partial charge is 0.223 e. The van der Waals surface area contributed by atoms with Gasteiger partial charge in [-0.1, -0.05) is 0 Å². The lowest BCUT2D eigenvalue weighted by Crippen LogP contribution is -2.38. The van der Waals surface area contributed by atoms with Crippen molar-refractivity contribution in [3.8, 4) is 0 Å². The van der Waals surface area contributed by atoms with Crippen molar-refractivity contribution in [2.24, 2.45) is 5.92 Å². The summed E-state index contributed by atoms with van der Waals surface area (Å²) >= 11 is 0. The number of nitrogens with zero attached hydrogens (tertiary/aromatic N) is 6. The summed E-state index contributed by atoms with van der Waals surface area (Å²) < 4.78 is 2.19. The van der Waals surface area contributed by atoms with Gasteiger partial charge in [0.05, 0.1) is 12.2 Å². The van der Waals surface area contributed by atoms with Gasteiger partial charge in [0.25, 0.3) is 0 Å². The highest BCUT2D eigenvalue weighted by atomic mass is 16.2. The van der Waals surface area contributed by atoms with Crippen LogP contribution in [0, 0.1) is 5.92 Å². The minimum Gasteiger partial charge on any atom is -0.333 e. The second-order valence-corrected chi connectivity index (χ2v) is 7.22. The molecule has 2 aliphatic rings. The first kappa shape index (κ1) is 16.2. The van der Waals surface area contributed by atoms with Crippen LogP contribution in [0.25, 0.3) is 0 Å². The maximum atomic E-state index is 12.3. The topological polar surface area (TPSA) is 67.2 Å². The lowest BCUT2D eigenvalue weighted by atomic mass is 10.2. The first-order valence-corrected chi connectivity index (χ1v) is 8.92. The van der Waals surface area contributed by atoms with Crippen molar-refractivity contribution in [3.05, 3.63) is 42.0 Å². The van der Waals surface area contributed by atoms with E-state index < -0.39 is 0 Å².